The van der Waals surface area contributed by atoms with E-state index in [2.05, 4.69) is 33.8 Å². The Bertz CT molecular complexity index is 840. The monoisotopic (exact) mass is 281 g/mol. The lowest BCUT2D eigenvalue weighted by atomic mass is 9.92. The molecule has 2 N–H and O–H groups in total. The number of hydrogen-bond acceptors (Lipinski definition) is 2. The van der Waals surface area contributed by atoms with Gasteiger partial charge in [-0.2, -0.15) is 5.10 Å². The molecule has 0 spiro atoms. The minimum atomic E-state index is -0.939. The van der Waals surface area contributed by atoms with Crippen LogP contribution in [0, 0.1) is 0 Å². The van der Waals surface area contributed by atoms with Gasteiger partial charge in [0, 0.05) is 23.0 Å². The largest absolute Gasteiger partial charge is 0.477 e. The van der Waals surface area contributed by atoms with E-state index in [9.17, 15) is 9.90 Å². The Morgan fingerprint density at radius 3 is 2.86 bits per heavy atom. The van der Waals surface area contributed by atoms with Crippen molar-refractivity contribution in [2.75, 3.05) is 0 Å². The molecule has 2 aromatic heterocycles. The van der Waals surface area contributed by atoms with E-state index in [0.717, 1.165) is 36.3 Å². The molecule has 1 aliphatic rings. The summed E-state index contributed by atoms with van der Waals surface area (Å²) in [5.74, 6) is -0.939. The molecule has 0 amide bonds. The molecule has 0 bridgehead atoms. The van der Waals surface area contributed by atoms with Crippen molar-refractivity contribution in [1.29, 1.82) is 0 Å². The number of carbonyl (C=O) groups is 1. The van der Waals surface area contributed by atoms with Gasteiger partial charge in [-0.1, -0.05) is 18.2 Å². The van der Waals surface area contributed by atoms with Gasteiger partial charge in [-0.25, -0.2) is 4.79 Å². The van der Waals surface area contributed by atoms with Gasteiger partial charge in [0.2, 0.25) is 0 Å². The number of nitrogens with one attached hydrogen (secondary N) is 1. The molecule has 4 rings (SSSR count). The van der Waals surface area contributed by atoms with Crippen molar-refractivity contribution in [3.8, 4) is 11.4 Å². The van der Waals surface area contributed by atoms with E-state index in [1.165, 1.54) is 16.5 Å². The van der Waals surface area contributed by atoms with Gasteiger partial charge in [0.25, 0.3) is 0 Å². The summed E-state index contributed by atoms with van der Waals surface area (Å²) in [5, 5.41) is 17.5. The number of nitrogens with zero attached hydrogens (tertiary/aromatic N) is 2. The Balaban J connectivity index is 2.08. The maximum atomic E-state index is 11.3. The third kappa shape index (κ3) is 1.51. The number of aryl methyl sites for hydroxylation is 2. The Morgan fingerprint density at radius 1 is 1.33 bits per heavy atom. The molecule has 1 aliphatic carbocycles. The molecule has 5 heteroatoms. The highest BCUT2D eigenvalue weighted by Crippen LogP contribution is 2.39. The molecule has 0 radical (unpaired) electrons. The van der Waals surface area contributed by atoms with Crippen molar-refractivity contribution in [1.82, 2.24) is 14.8 Å². The van der Waals surface area contributed by atoms with Crippen LogP contribution in [0.2, 0.25) is 0 Å². The number of rotatable bonds is 2. The number of aromatic nitrogens is 3. The standard InChI is InChI=1S/C16H15N3O2/c1-2-19-12-6-4-3-5-9(12)10-7-8-11-13(15(10)19)17-18-14(11)16(20)21/h3-6H,2,7-8H2,1H3,(H,17,18)(H,20,21). The average Bonchev–Trinajstić information content (AvgIpc) is 3.05. The zero-order chi connectivity index (χ0) is 14.6. The van der Waals surface area contributed by atoms with Gasteiger partial charge in [-0.15, -0.1) is 0 Å². The van der Waals surface area contributed by atoms with Crippen LogP contribution in [-0.2, 0) is 19.4 Å². The lowest BCUT2D eigenvalue weighted by Gasteiger charge is -2.15. The number of H-pyrrole nitrogens is 1. The number of hydrogen-bond donors (Lipinski definition) is 2. The van der Waals surface area contributed by atoms with Crippen molar-refractivity contribution in [3.05, 3.63) is 41.1 Å². The molecule has 0 saturated carbocycles. The molecule has 0 aliphatic heterocycles. The van der Waals surface area contributed by atoms with E-state index >= 15 is 0 Å². The summed E-state index contributed by atoms with van der Waals surface area (Å²) in [4.78, 5) is 11.3. The molecule has 21 heavy (non-hydrogen) atoms. The molecule has 0 saturated heterocycles. The fraction of sp³-hybridized carbons (Fsp3) is 0.250. The van der Waals surface area contributed by atoms with E-state index in [1.54, 1.807) is 0 Å². The number of fused-ring (bicyclic) bond motifs is 5. The van der Waals surface area contributed by atoms with Crippen LogP contribution in [-0.4, -0.2) is 25.8 Å². The van der Waals surface area contributed by atoms with E-state index in [1.807, 2.05) is 12.1 Å². The third-order valence-electron chi connectivity index (χ3n) is 4.32. The lowest BCUT2D eigenvalue weighted by Crippen LogP contribution is -2.09. The smallest absolute Gasteiger partial charge is 0.354 e. The van der Waals surface area contributed by atoms with Crippen molar-refractivity contribution in [2.24, 2.45) is 0 Å². The summed E-state index contributed by atoms with van der Waals surface area (Å²) in [5.41, 5.74) is 5.40. The van der Waals surface area contributed by atoms with Gasteiger partial charge >= 0.3 is 5.97 Å². The highest BCUT2D eigenvalue weighted by molar-refractivity contribution is 5.95. The average molecular weight is 281 g/mol. The van der Waals surface area contributed by atoms with E-state index in [-0.39, 0.29) is 5.69 Å². The molecule has 0 fully saturated rings. The first-order valence-electron chi connectivity index (χ1n) is 7.13. The van der Waals surface area contributed by atoms with Crippen LogP contribution in [0.4, 0.5) is 0 Å². The number of aromatic amines is 1. The zero-order valence-electron chi connectivity index (χ0n) is 11.7. The lowest BCUT2D eigenvalue weighted by molar-refractivity contribution is 0.0689. The van der Waals surface area contributed by atoms with Crippen LogP contribution in [0.15, 0.2) is 24.3 Å². The van der Waals surface area contributed by atoms with Crippen LogP contribution in [0.5, 0.6) is 0 Å². The molecule has 5 nitrogen and oxygen atoms in total. The topological polar surface area (TPSA) is 70.9 Å². The molecule has 3 aromatic rings. The van der Waals surface area contributed by atoms with Crippen molar-refractivity contribution < 1.29 is 9.90 Å². The second kappa shape index (κ2) is 4.22. The molecular weight excluding hydrogens is 266 g/mol. The third-order valence-corrected chi connectivity index (χ3v) is 4.32. The molecular formula is C16H15N3O2. The molecule has 0 unspecified atom stereocenters. The minimum Gasteiger partial charge on any atom is -0.477 e. The highest BCUT2D eigenvalue weighted by Gasteiger charge is 2.29. The van der Waals surface area contributed by atoms with E-state index in [4.69, 9.17) is 0 Å². The van der Waals surface area contributed by atoms with Gasteiger partial charge < -0.3 is 9.67 Å². The Morgan fingerprint density at radius 2 is 2.10 bits per heavy atom. The van der Waals surface area contributed by atoms with Crippen LogP contribution < -0.4 is 0 Å². The summed E-state index contributed by atoms with van der Waals surface area (Å²) >= 11 is 0. The van der Waals surface area contributed by atoms with Crippen LogP contribution in [0.25, 0.3) is 22.3 Å². The summed E-state index contributed by atoms with van der Waals surface area (Å²) in [6.07, 6.45) is 1.58. The van der Waals surface area contributed by atoms with E-state index < -0.39 is 5.97 Å². The fourth-order valence-corrected chi connectivity index (χ4v) is 3.46. The first-order chi connectivity index (χ1) is 10.2. The maximum Gasteiger partial charge on any atom is 0.354 e. The number of aromatic carboxylic acids is 1. The number of carboxylic acids is 1. The van der Waals surface area contributed by atoms with Gasteiger partial charge in [-0.05, 0) is 31.4 Å². The van der Waals surface area contributed by atoms with E-state index in [0.29, 0.717) is 0 Å². The predicted molar refractivity (Wildman–Crippen MR) is 79.6 cm³/mol. The zero-order valence-corrected chi connectivity index (χ0v) is 11.7. The number of benzene rings is 1. The summed E-state index contributed by atoms with van der Waals surface area (Å²) in [6, 6.07) is 8.33. The van der Waals surface area contributed by atoms with Crippen molar-refractivity contribution in [3.63, 3.8) is 0 Å². The first-order valence-corrected chi connectivity index (χ1v) is 7.13. The molecule has 0 atom stereocenters. The summed E-state index contributed by atoms with van der Waals surface area (Å²) in [7, 11) is 0. The maximum absolute atomic E-state index is 11.3. The minimum absolute atomic E-state index is 0.226. The normalized spacial score (nSPS) is 13.2. The molecule has 2 heterocycles. The van der Waals surface area contributed by atoms with Gasteiger partial charge in [0.05, 0.1) is 5.69 Å². The SMILES string of the molecule is CCn1c2c(c3ccccc31)CCc1c-2n[nH]c1C(=O)O. The Hall–Kier alpha value is -2.56. The summed E-state index contributed by atoms with van der Waals surface area (Å²) < 4.78 is 2.23. The highest BCUT2D eigenvalue weighted by atomic mass is 16.4. The van der Waals surface area contributed by atoms with Crippen molar-refractivity contribution >= 4 is 16.9 Å². The van der Waals surface area contributed by atoms with Crippen LogP contribution >= 0.6 is 0 Å². The quantitative estimate of drug-likeness (QED) is 0.758. The number of para-hydroxylation sites is 1. The van der Waals surface area contributed by atoms with Crippen LogP contribution in [0.3, 0.4) is 0 Å². The molecule has 1 aromatic carbocycles. The summed E-state index contributed by atoms with van der Waals surface area (Å²) in [6.45, 7) is 2.94. The Kier molecular flexibility index (Phi) is 2.45. The van der Waals surface area contributed by atoms with Crippen molar-refractivity contribution in [2.45, 2.75) is 26.3 Å². The second-order valence-corrected chi connectivity index (χ2v) is 5.32. The van der Waals surface area contributed by atoms with Gasteiger partial charge in [-0.3, -0.25) is 5.10 Å². The Labute approximate surface area is 121 Å². The van der Waals surface area contributed by atoms with Crippen LogP contribution in [0.1, 0.15) is 28.5 Å². The number of carboxylic acid groups (broad SMARTS) is 1. The van der Waals surface area contributed by atoms with Gasteiger partial charge in [0.1, 0.15) is 11.4 Å². The molecule has 106 valence electrons. The second-order valence-electron chi connectivity index (χ2n) is 5.32. The fourth-order valence-electron chi connectivity index (χ4n) is 3.46. The van der Waals surface area contributed by atoms with Gasteiger partial charge in [0.15, 0.2) is 0 Å². The predicted octanol–water partition coefficient (Wildman–Crippen LogP) is 2.85. The first kappa shape index (κ1) is 12.2.